The fraction of sp³-hybridized carbons (Fsp3) is 0.278. The maximum Gasteiger partial charge on any atom is 0.416 e. The zero-order chi connectivity index (χ0) is 18.9. The van der Waals surface area contributed by atoms with Crippen LogP contribution in [0, 0.1) is 0 Å². The van der Waals surface area contributed by atoms with Gasteiger partial charge in [0.15, 0.2) is 11.5 Å². The van der Waals surface area contributed by atoms with E-state index in [1.165, 1.54) is 6.07 Å². The SMILES string of the molecule is CN(C)c1ccc(C(F)(F)F)cc1NC(=O)[C@@H]1COc2ccccc2O1. The van der Waals surface area contributed by atoms with Gasteiger partial charge in [-0.25, -0.2) is 0 Å². The van der Waals surface area contributed by atoms with Crippen LogP contribution in [0.2, 0.25) is 0 Å². The highest BCUT2D eigenvalue weighted by Crippen LogP contribution is 2.35. The minimum atomic E-state index is -4.51. The van der Waals surface area contributed by atoms with Crippen LogP contribution >= 0.6 is 0 Å². The summed E-state index contributed by atoms with van der Waals surface area (Å²) in [4.78, 5) is 14.1. The van der Waals surface area contributed by atoms with Gasteiger partial charge in [-0.2, -0.15) is 13.2 Å². The topological polar surface area (TPSA) is 50.8 Å². The average Bonchev–Trinajstić information content (AvgIpc) is 2.60. The Morgan fingerprint density at radius 3 is 2.50 bits per heavy atom. The summed E-state index contributed by atoms with van der Waals surface area (Å²) in [5, 5.41) is 2.52. The number of carbonyl (C=O) groups is 1. The molecule has 3 rings (SSSR count). The number of ether oxygens (including phenoxy) is 2. The van der Waals surface area contributed by atoms with Crippen molar-refractivity contribution in [3.05, 3.63) is 48.0 Å². The Balaban J connectivity index is 1.83. The van der Waals surface area contributed by atoms with Crippen molar-refractivity contribution < 1.29 is 27.4 Å². The van der Waals surface area contributed by atoms with Crippen molar-refractivity contribution >= 4 is 17.3 Å². The zero-order valence-corrected chi connectivity index (χ0v) is 14.1. The fourth-order valence-corrected chi connectivity index (χ4v) is 2.56. The van der Waals surface area contributed by atoms with E-state index in [2.05, 4.69) is 5.32 Å². The molecule has 2 aromatic rings. The Bertz CT molecular complexity index is 822. The number of hydrogen-bond acceptors (Lipinski definition) is 4. The molecule has 1 atom stereocenters. The molecule has 0 spiro atoms. The number of fused-ring (bicyclic) bond motifs is 1. The van der Waals surface area contributed by atoms with Gasteiger partial charge in [0.25, 0.3) is 5.91 Å². The first kappa shape index (κ1) is 17.9. The van der Waals surface area contributed by atoms with E-state index in [1.54, 1.807) is 43.3 Å². The summed E-state index contributed by atoms with van der Waals surface area (Å²) in [6.07, 6.45) is -5.47. The Labute approximate surface area is 148 Å². The number of carbonyl (C=O) groups excluding carboxylic acids is 1. The molecular formula is C18H17F3N2O3. The van der Waals surface area contributed by atoms with Crippen LogP contribution in [0.1, 0.15) is 5.56 Å². The van der Waals surface area contributed by atoms with Crippen LogP contribution in [0.3, 0.4) is 0 Å². The van der Waals surface area contributed by atoms with Gasteiger partial charge in [-0.3, -0.25) is 4.79 Å². The average molecular weight is 366 g/mol. The summed E-state index contributed by atoms with van der Waals surface area (Å²) in [5.41, 5.74) is -0.342. The van der Waals surface area contributed by atoms with Crippen molar-refractivity contribution in [1.82, 2.24) is 0 Å². The third-order valence-corrected chi connectivity index (χ3v) is 3.86. The van der Waals surface area contributed by atoms with Gasteiger partial charge in [-0.05, 0) is 30.3 Å². The van der Waals surface area contributed by atoms with Gasteiger partial charge in [0, 0.05) is 14.1 Å². The minimum absolute atomic E-state index is 0.0287. The summed E-state index contributed by atoms with van der Waals surface area (Å²) < 4.78 is 50.0. The molecule has 1 amide bonds. The zero-order valence-electron chi connectivity index (χ0n) is 14.1. The minimum Gasteiger partial charge on any atom is -0.485 e. The van der Waals surface area contributed by atoms with E-state index in [0.717, 1.165) is 12.1 Å². The normalized spacial score (nSPS) is 16.1. The van der Waals surface area contributed by atoms with Gasteiger partial charge in [0.1, 0.15) is 6.61 Å². The molecule has 0 aromatic heterocycles. The monoisotopic (exact) mass is 366 g/mol. The van der Waals surface area contributed by atoms with E-state index in [9.17, 15) is 18.0 Å². The second-order valence-corrected chi connectivity index (χ2v) is 5.98. The van der Waals surface area contributed by atoms with Crippen molar-refractivity contribution in [2.45, 2.75) is 12.3 Å². The van der Waals surface area contributed by atoms with Crippen LogP contribution in [0.15, 0.2) is 42.5 Å². The van der Waals surface area contributed by atoms with Crippen LogP contribution in [0.5, 0.6) is 11.5 Å². The number of anilines is 2. The largest absolute Gasteiger partial charge is 0.485 e. The number of rotatable bonds is 3. The van der Waals surface area contributed by atoms with Crippen LogP contribution < -0.4 is 19.7 Å². The summed E-state index contributed by atoms with van der Waals surface area (Å²) in [7, 11) is 3.35. The lowest BCUT2D eigenvalue weighted by Gasteiger charge is -2.26. The number of halogens is 3. The van der Waals surface area contributed by atoms with Crippen molar-refractivity contribution in [1.29, 1.82) is 0 Å². The summed E-state index contributed by atoms with van der Waals surface area (Å²) in [6.45, 7) is -0.0287. The predicted molar refractivity (Wildman–Crippen MR) is 90.8 cm³/mol. The molecule has 0 bridgehead atoms. The fourth-order valence-electron chi connectivity index (χ4n) is 2.56. The molecule has 0 saturated heterocycles. The molecule has 1 aliphatic rings. The Morgan fingerprint density at radius 1 is 1.15 bits per heavy atom. The number of nitrogens with one attached hydrogen (secondary N) is 1. The maximum atomic E-state index is 13.0. The first-order valence-corrected chi connectivity index (χ1v) is 7.83. The standard InChI is InChI=1S/C18H17F3N2O3/c1-23(2)13-8-7-11(18(19,20)21)9-12(13)22-17(24)16-10-25-14-5-3-4-6-15(14)26-16/h3-9,16H,10H2,1-2H3,(H,22,24)/t16-/m0/s1. The lowest BCUT2D eigenvalue weighted by Crippen LogP contribution is -2.40. The highest BCUT2D eigenvalue weighted by atomic mass is 19.4. The molecule has 0 fully saturated rings. The van der Waals surface area contributed by atoms with Crippen molar-refractivity contribution in [2.24, 2.45) is 0 Å². The summed E-state index contributed by atoms with van der Waals surface area (Å²) >= 11 is 0. The van der Waals surface area contributed by atoms with Gasteiger partial charge in [0.05, 0.1) is 16.9 Å². The molecule has 0 unspecified atom stereocenters. The first-order valence-electron chi connectivity index (χ1n) is 7.83. The third kappa shape index (κ3) is 3.68. The third-order valence-electron chi connectivity index (χ3n) is 3.86. The number of nitrogens with zero attached hydrogens (tertiary/aromatic N) is 1. The molecule has 5 nitrogen and oxygen atoms in total. The van der Waals surface area contributed by atoms with Crippen LogP contribution in [0.4, 0.5) is 24.5 Å². The van der Waals surface area contributed by atoms with Gasteiger partial charge >= 0.3 is 6.18 Å². The van der Waals surface area contributed by atoms with Gasteiger partial charge in [-0.1, -0.05) is 12.1 Å². The predicted octanol–water partition coefficient (Wildman–Crippen LogP) is 3.55. The number of hydrogen-bond donors (Lipinski definition) is 1. The smallest absolute Gasteiger partial charge is 0.416 e. The molecule has 1 N–H and O–H groups in total. The summed E-state index contributed by atoms with van der Waals surface area (Å²) in [6, 6.07) is 10.1. The Hall–Kier alpha value is -2.90. The number of benzene rings is 2. The van der Waals surface area contributed by atoms with Gasteiger partial charge in [-0.15, -0.1) is 0 Å². The lowest BCUT2D eigenvalue weighted by molar-refractivity contribution is -0.137. The molecule has 138 valence electrons. The van der Waals surface area contributed by atoms with E-state index in [4.69, 9.17) is 9.47 Å². The molecule has 1 aliphatic heterocycles. The van der Waals surface area contributed by atoms with Crippen LogP contribution in [-0.4, -0.2) is 32.7 Å². The number of alkyl halides is 3. The molecule has 0 saturated carbocycles. The number of para-hydroxylation sites is 2. The maximum absolute atomic E-state index is 13.0. The lowest BCUT2D eigenvalue weighted by atomic mass is 10.1. The second kappa shape index (κ2) is 6.78. The molecule has 0 radical (unpaired) electrons. The van der Waals surface area contributed by atoms with Crippen molar-refractivity contribution in [3.63, 3.8) is 0 Å². The van der Waals surface area contributed by atoms with Crippen molar-refractivity contribution in [3.8, 4) is 11.5 Å². The van der Waals surface area contributed by atoms with E-state index < -0.39 is 23.8 Å². The second-order valence-electron chi connectivity index (χ2n) is 5.98. The molecule has 2 aromatic carbocycles. The number of amides is 1. The molecule has 0 aliphatic carbocycles. The Morgan fingerprint density at radius 2 is 1.85 bits per heavy atom. The molecule has 26 heavy (non-hydrogen) atoms. The molecule has 8 heteroatoms. The van der Waals surface area contributed by atoms with E-state index >= 15 is 0 Å². The van der Waals surface area contributed by atoms with Gasteiger partial charge < -0.3 is 19.7 Å². The van der Waals surface area contributed by atoms with E-state index in [1.807, 2.05) is 0 Å². The molecular weight excluding hydrogens is 349 g/mol. The van der Waals surface area contributed by atoms with Crippen LogP contribution in [0.25, 0.3) is 0 Å². The van der Waals surface area contributed by atoms with E-state index in [-0.39, 0.29) is 12.3 Å². The summed E-state index contributed by atoms with van der Waals surface area (Å²) in [5.74, 6) is 0.349. The Kier molecular flexibility index (Phi) is 4.67. The highest BCUT2D eigenvalue weighted by molar-refractivity contribution is 5.97. The van der Waals surface area contributed by atoms with E-state index in [0.29, 0.717) is 17.2 Å². The molecule has 1 heterocycles. The first-order chi connectivity index (χ1) is 12.3. The van der Waals surface area contributed by atoms with Crippen LogP contribution in [-0.2, 0) is 11.0 Å². The highest BCUT2D eigenvalue weighted by Gasteiger charge is 2.32. The quantitative estimate of drug-likeness (QED) is 0.903. The van der Waals surface area contributed by atoms with Crippen molar-refractivity contribution in [2.75, 3.05) is 30.9 Å². The van der Waals surface area contributed by atoms with Gasteiger partial charge in [0.2, 0.25) is 6.10 Å².